The average Bonchev–Trinajstić information content (AvgIpc) is 2.27. The number of ether oxygens (including phenoxy) is 1. The number of hydrogen-bond acceptors (Lipinski definition) is 2. The van der Waals surface area contributed by atoms with E-state index in [4.69, 9.17) is 4.74 Å². The van der Waals surface area contributed by atoms with Gasteiger partial charge in [-0.1, -0.05) is 32.0 Å². The van der Waals surface area contributed by atoms with E-state index in [2.05, 4.69) is 31.3 Å². The Morgan fingerprint density at radius 1 is 1.27 bits per heavy atom. The molecule has 1 N–H and O–H groups in total. The molecule has 0 amide bonds. The Balaban J connectivity index is 2.72. The van der Waals surface area contributed by atoms with Crippen LogP contribution in [0.5, 0.6) is 5.75 Å². The van der Waals surface area contributed by atoms with Gasteiger partial charge >= 0.3 is 0 Å². The van der Waals surface area contributed by atoms with Gasteiger partial charge in [0.05, 0.1) is 6.61 Å². The van der Waals surface area contributed by atoms with Gasteiger partial charge < -0.3 is 10.1 Å². The SMILES string of the molecule is CCNCC(C)c1ccccc1OCC. The molecule has 0 bridgehead atoms. The van der Waals surface area contributed by atoms with Gasteiger partial charge in [0.25, 0.3) is 0 Å². The molecule has 1 aromatic rings. The lowest BCUT2D eigenvalue weighted by Crippen LogP contribution is -2.19. The van der Waals surface area contributed by atoms with Gasteiger partial charge in [0.1, 0.15) is 5.75 Å². The molecule has 0 aromatic heterocycles. The van der Waals surface area contributed by atoms with E-state index in [0.717, 1.165) is 25.4 Å². The van der Waals surface area contributed by atoms with Gasteiger partial charge in [0.15, 0.2) is 0 Å². The third kappa shape index (κ3) is 3.56. The predicted molar refractivity (Wildman–Crippen MR) is 64.6 cm³/mol. The molecular formula is C13H21NO. The quantitative estimate of drug-likeness (QED) is 0.774. The van der Waals surface area contributed by atoms with Gasteiger partial charge in [-0.15, -0.1) is 0 Å². The summed E-state index contributed by atoms with van der Waals surface area (Å²) in [6, 6.07) is 8.28. The fourth-order valence-electron chi connectivity index (χ4n) is 1.65. The van der Waals surface area contributed by atoms with Crippen molar-refractivity contribution in [2.24, 2.45) is 0 Å². The Hall–Kier alpha value is -1.02. The van der Waals surface area contributed by atoms with Crippen LogP contribution in [-0.2, 0) is 0 Å². The molecule has 1 rings (SSSR count). The summed E-state index contributed by atoms with van der Waals surface area (Å²) in [5.41, 5.74) is 1.29. The first-order valence-corrected chi connectivity index (χ1v) is 5.72. The van der Waals surface area contributed by atoms with Crippen molar-refractivity contribution in [3.05, 3.63) is 29.8 Å². The summed E-state index contributed by atoms with van der Waals surface area (Å²) in [5.74, 6) is 1.51. The molecule has 0 aliphatic heterocycles. The number of rotatable bonds is 6. The molecular weight excluding hydrogens is 186 g/mol. The highest BCUT2D eigenvalue weighted by atomic mass is 16.5. The summed E-state index contributed by atoms with van der Waals surface area (Å²) >= 11 is 0. The Bertz CT molecular complexity index is 286. The summed E-state index contributed by atoms with van der Waals surface area (Å²) < 4.78 is 5.61. The zero-order chi connectivity index (χ0) is 11.1. The van der Waals surface area contributed by atoms with Crippen LogP contribution in [0.1, 0.15) is 32.3 Å². The van der Waals surface area contributed by atoms with Crippen LogP contribution in [0.3, 0.4) is 0 Å². The fourth-order valence-corrected chi connectivity index (χ4v) is 1.65. The Labute approximate surface area is 92.6 Å². The lowest BCUT2D eigenvalue weighted by molar-refractivity contribution is 0.334. The van der Waals surface area contributed by atoms with Crippen molar-refractivity contribution in [3.8, 4) is 5.75 Å². The van der Waals surface area contributed by atoms with Crippen molar-refractivity contribution in [1.29, 1.82) is 0 Å². The standard InChI is InChI=1S/C13H21NO/c1-4-14-10-11(3)12-8-6-7-9-13(12)15-5-2/h6-9,11,14H,4-5,10H2,1-3H3. The summed E-state index contributed by atoms with van der Waals surface area (Å²) in [6.45, 7) is 9.11. The van der Waals surface area contributed by atoms with Gasteiger partial charge in [-0.2, -0.15) is 0 Å². The van der Waals surface area contributed by atoms with Crippen molar-refractivity contribution in [2.45, 2.75) is 26.7 Å². The fraction of sp³-hybridized carbons (Fsp3) is 0.538. The predicted octanol–water partition coefficient (Wildman–Crippen LogP) is 2.80. The van der Waals surface area contributed by atoms with Crippen LogP contribution in [-0.4, -0.2) is 19.7 Å². The summed E-state index contributed by atoms with van der Waals surface area (Å²) in [4.78, 5) is 0. The van der Waals surface area contributed by atoms with Crippen LogP contribution in [0.25, 0.3) is 0 Å². The molecule has 0 spiro atoms. The molecule has 0 fully saturated rings. The third-order valence-electron chi connectivity index (χ3n) is 2.45. The zero-order valence-corrected chi connectivity index (χ0v) is 9.92. The van der Waals surface area contributed by atoms with E-state index in [0.29, 0.717) is 5.92 Å². The average molecular weight is 207 g/mol. The second kappa shape index (κ2) is 6.46. The first-order valence-electron chi connectivity index (χ1n) is 5.72. The second-order valence-corrected chi connectivity index (χ2v) is 3.68. The van der Waals surface area contributed by atoms with Crippen LogP contribution in [0.15, 0.2) is 24.3 Å². The van der Waals surface area contributed by atoms with Crippen molar-refractivity contribution < 1.29 is 4.74 Å². The van der Waals surface area contributed by atoms with E-state index in [1.807, 2.05) is 19.1 Å². The number of likely N-dealkylation sites (N-methyl/N-ethyl adjacent to an activating group) is 1. The van der Waals surface area contributed by atoms with E-state index in [1.165, 1.54) is 5.56 Å². The van der Waals surface area contributed by atoms with Gasteiger partial charge in [-0.05, 0) is 31.0 Å². The third-order valence-corrected chi connectivity index (χ3v) is 2.45. The molecule has 0 radical (unpaired) electrons. The van der Waals surface area contributed by atoms with Crippen LogP contribution in [0, 0.1) is 0 Å². The molecule has 1 unspecified atom stereocenters. The lowest BCUT2D eigenvalue weighted by atomic mass is 10.00. The van der Waals surface area contributed by atoms with Crippen molar-refractivity contribution >= 4 is 0 Å². The number of para-hydroxylation sites is 1. The van der Waals surface area contributed by atoms with E-state index in [1.54, 1.807) is 0 Å². The highest BCUT2D eigenvalue weighted by Crippen LogP contribution is 2.25. The van der Waals surface area contributed by atoms with Gasteiger partial charge in [0, 0.05) is 6.54 Å². The molecule has 0 saturated carbocycles. The normalized spacial score (nSPS) is 12.5. The van der Waals surface area contributed by atoms with Gasteiger partial charge in [0.2, 0.25) is 0 Å². The number of hydrogen-bond donors (Lipinski definition) is 1. The van der Waals surface area contributed by atoms with Crippen LogP contribution >= 0.6 is 0 Å². The van der Waals surface area contributed by atoms with E-state index in [9.17, 15) is 0 Å². The summed E-state index contributed by atoms with van der Waals surface area (Å²) in [5, 5.41) is 3.36. The van der Waals surface area contributed by atoms with E-state index < -0.39 is 0 Å². The van der Waals surface area contributed by atoms with Gasteiger partial charge in [-0.25, -0.2) is 0 Å². The van der Waals surface area contributed by atoms with E-state index in [-0.39, 0.29) is 0 Å². The highest BCUT2D eigenvalue weighted by molar-refractivity contribution is 5.36. The molecule has 0 heterocycles. The lowest BCUT2D eigenvalue weighted by Gasteiger charge is -2.16. The molecule has 15 heavy (non-hydrogen) atoms. The second-order valence-electron chi connectivity index (χ2n) is 3.68. The Morgan fingerprint density at radius 3 is 2.67 bits per heavy atom. The monoisotopic (exact) mass is 207 g/mol. The Morgan fingerprint density at radius 2 is 2.00 bits per heavy atom. The Kier molecular flexibility index (Phi) is 5.19. The maximum atomic E-state index is 5.61. The maximum Gasteiger partial charge on any atom is 0.122 e. The highest BCUT2D eigenvalue weighted by Gasteiger charge is 2.09. The minimum atomic E-state index is 0.493. The topological polar surface area (TPSA) is 21.3 Å². The van der Waals surface area contributed by atoms with Crippen LogP contribution < -0.4 is 10.1 Å². The largest absolute Gasteiger partial charge is 0.494 e. The van der Waals surface area contributed by atoms with Gasteiger partial charge in [-0.3, -0.25) is 0 Å². The molecule has 0 aliphatic rings. The van der Waals surface area contributed by atoms with Crippen LogP contribution in [0.2, 0.25) is 0 Å². The smallest absolute Gasteiger partial charge is 0.122 e. The number of benzene rings is 1. The molecule has 1 aromatic carbocycles. The maximum absolute atomic E-state index is 5.61. The molecule has 1 atom stereocenters. The number of nitrogens with one attached hydrogen (secondary N) is 1. The molecule has 2 heteroatoms. The molecule has 0 aliphatic carbocycles. The molecule has 2 nitrogen and oxygen atoms in total. The first kappa shape index (κ1) is 12.1. The first-order chi connectivity index (χ1) is 7.29. The summed E-state index contributed by atoms with van der Waals surface area (Å²) in [6.07, 6.45) is 0. The minimum Gasteiger partial charge on any atom is -0.494 e. The molecule has 84 valence electrons. The van der Waals surface area contributed by atoms with Crippen molar-refractivity contribution in [2.75, 3.05) is 19.7 Å². The zero-order valence-electron chi connectivity index (χ0n) is 9.92. The van der Waals surface area contributed by atoms with Crippen molar-refractivity contribution in [1.82, 2.24) is 5.32 Å². The van der Waals surface area contributed by atoms with Crippen LogP contribution in [0.4, 0.5) is 0 Å². The summed E-state index contributed by atoms with van der Waals surface area (Å²) in [7, 11) is 0. The molecule has 0 saturated heterocycles. The minimum absolute atomic E-state index is 0.493. The van der Waals surface area contributed by atoms with Crippen molar-refractivity contribution in [3.63, 3.8) is 0 Å². The van der Waals surface area contributed by atoms with E-state index >= 15 is 0 Å².